The fourth-order valence-electron chi connectivity index (χ4n) is 4.58. The van der Waals surface area contributed by atoms with Crippen LogP contribution in [0, 0.1) is 0 Å². The Morgan fingerprint density at radius 1 is 1.00 bits per heavy atom. The topological polar surface area (TPSA) is 36.9 Å². The van der Waals surface area contributed by atoms with Crippen LogP contribution in [0.5, 0.6) is 0 Å². The SMILES string of the molecule is CC[Si](CC)(CC)O[C@@H]1[C@H](C)O[C@@H](Sc2ccccc2)[C@H](OC)[C@]1(C)O[Si](C)(C)C. The molecule has 0 amide bonds. The first-order valence-corrected chi connectivity index (χ1v) is 18.1. The van der Waals surface area contributed by atoms with Crippen molar-refractivity contribution in [3.8, 4) is 0 Å². The van der Waals surface area contributed by atoms with E-state index in [1.54, 1.807) is 18.9 Å². The van der Waals surface area contributed by atoms with E-state index >= 15 is 0 Å². The first kappa shape index (κ1) is 26.1. The van der Waals surface area contributed by atoms with Crippen molar-refractivity contribution in [1.29, 1.82) is 0 Å². The van der Waals surface area contributed by atoms with Crippen LogP contribution in [0.15, 0.2) is 35.2 Å². The summed E-state index contributed by atoms with van der Waals surface area (Å²) in [6, 6.07) is 13.7. The normalized spacial score (nSPS) is 30.4. The number of hydrogen-bond donors (Lipinski definition) is 0. The fourth-order valence-corrected chi connectivity index (χ4v) is 10.4. The van der Waals surface area contributed by atoms with E-state index in [1.807, 2.05) is 6.07 Å². The summed E-state index contributed by atoms with van der Waals surface area (Å²) in [5, 5.41) is 0. The molecule has 1 aromatic rings. The third-order valence-electron chi connectivity index (χ3n) is 6.24. The fraction of sp³-hybridized carbons (Fsp3) is 0.739. The highest BCUT2D eigenvalue weighted by molar-refractivity contribution is 7.99. The molecule has 1 heterocycles. The molecule has 2 rings (SSSR count). The summed E-state index contributed by atoms with van der Waals surface area (Å²) in [4.78, 5) is 1.17. The van der Waals surface area contributed by atoms with E-state index in [9.17, 15) is 0 Å². The van der Waals surface area contributed by atoms with Gasteiger partial charge in [-0.15, -0.1) is 0 Å². The van der Waals surface area contributed by atoms with Gasteiger partial charge in [0.2, 0.25) is 0 Å². The van der Waals surface area contributed by atoms with Crippen molar-refractivity contribution in [2.75, 3.05) is 7.11 Å². The smallest absolute Gasteiger partial charge is 0.192 e. The molecule has 0 bridgehead atoms. The van der Waals surface area contributed by atoms with Gasteiger partial charge < -0.3 is 18.3 Å². The van der Waals surface area contributed by atoms with Crippen LogP contribution in [0.3, 0.4) is 0 Å². The minimum Gasteiger partial charge on any atom is -0.408 e. The van der Waals surface area contributed by atoms with Gasteiger partial charge in [-0.3, -0.25) is 0 Å². The largest absolute Gasteiger partial charge is 0.408 e. The van der Waals surface area contributed by atoms with Crippen molar-refractivity contribution >= 4 is 28.4 Å². The maximum atomic E-state index is 7.05. The Hall–Kier alpha value is -0.156. The highest BCUT2D eigenvalue weighted by Crippen LogP contribution is 2.45. The molecule has 0 unspecified atom stereocenters. The van der Waals surface area contributed by atoms with Crippen molar-refractivity contribution in [3.63, 3.8) is 0 Å². The Labute approximate surface area is 190 Å². The molecule has 4 nitrogen and oxygen atoms in total. The molecule has 1 aliphatic heterocycles. The third kappa shape index (κ3) is 6.00. The molecule has 0 aromatic heterocycles. The quantitative estimate of drug-likeness (QED) is 0.363. The summed E-state index contributed by atoms with van der Waals surface area (Å²) in [5.74, 6) is 0. The number of methoxy groups -OCH3 is 1. The molecule has 1 saturated heterocycles. The van der Waals surface area contributed by atoms with Crippen LogP contribution in [0.2, 0.25) is 37.8 Å². The van der Waals surface area contributed by atoms with Crippen LogP contribution in [-0.2, 0) is 18.3 Å². The Morgan fingerprint density at radius 2 is 1.57 bits per heavy atom. The molecule has 1 aliphatic rings. The molecule has 0 N–H and O–H groups in total. The van der Waals surface area contributed by atoms with E-state index < -0.39 is 22.2 Å². The van der Waals surface area contributed by atoms with Gasteiger partial charge in [-0.05, 0) is 63.8 Å². The molecule has 0 spiro atoms. The molecule has 1 aromatic carbocycles. The van der Waals surface area contributed by atoms with Gasteiger partial charge in [-0.1, -0.05) is 50.7 Å². The monoisotopic (exact) mass is 470 g/mol. The zero-order chi connectivity index (χ0) is 22.6. The first-order valence-electron chi connectivity index (χ1n) is 11.3. The molecule has 172 valence electrons. The molecule has 0 radical (unpaired) electrons. The zero-order valence-corrected chi connectivity index (χ0v) is 23.2. The second kappa shape index (κ2) is 10.6. The van der Waals surface area contributed by atoms with Crippen molar-refractivity contribution in [2.24, 2.45) is 0 Å². The molecule has 30 heavy (non-hydrogen) atoms. The lowest BCUT2D eigenvalue weighted by molar-refractivity contribution is -0.234. The summed E-state index contributed by atoms with van der Waals surface area (Å²) in [7, 11) is -1.97. The third-order valence-corrected chi connectivity index (χ3v) is 13.0. The predicted octanol–water partition coefficient (Wildman–Crippen LogP) is 6.54. The van der Waals surface area contributed by atoms with Crippen LogP contribution >= 0.6 is 11.8 Å². The van der Waals surface area contributed by atoms with Gasteiger partial charge in [0, 0.05) is 12.0 Å². The first-order chi connectivity index (χ1) is 14.0. The molecular formula is C23H42O4SSi2. The molecule has 5 atom stereocenters. The predicted molar refractivity (Wildman–Crippen MR) is 132 cm³/mol. The Bertz CT molecular complexity index is 642. The van der Waals surface area contributed by atoms with Gasteiger partial charge in [-0.25, -0.2) is 0 Å². The maximum absolute atomic E-state index is 7.05. The molecular weight excluding hydrogens is 428 g/mol. The number of thioether (sulfide) groups is 1. The minimum atomic E-state index is -1.88. The summed E-state index contributed by atoms with van der Waals surface area (Å²) >= 11 is 1.71. The highest BCUT2D eigenvalue weighted by atomic mass is 32.2. The van der Waals surface area contributed by atoms with E-state index in [0.717, 1.165) is 18.1 Å². The Balaban J connectivity index is 2.44. The second-order valence-electron chi connectivity index (χ2n) is 9.48. The Kier molecular flexibility index (Phi) is 9.26. The lowest BCUT2D eigenvalue weighted by atomic mass is 9.87. The van der Waals surface area contributed by atoms with E-state index in [0.29, 0.717) is 0 Å². The summed E-state index contributed by atoms with van der Waals surface area (Å²) in [6.07, 6.45) is -0.447. The average Bonchev–Trinajstić information content (AvgIpc) is 2.68. The number of ether oxygens (including phenoxy) is 2. The lowest BCUT2D eigenvalue weighted by Crippen LogP contribution is -2.69. The van der Waals surface area contributed by atoms with Crippen LogP contribution in [0.25, 0.3) is 0 Å². The number of benzene rings is 1. The van der Waals surface area contributed by atoms with Crippen molar-refractivity contribution in [1.82, 2.24) is 0 Å². The van der Waals surface area contributed by atoms with Gasteiger partial charge in [0.1, 0.15) is 23.2 Å². The molecule has 7 heteroatoms. The van der Waals surface area contributed by atoms with Gasteiger partial charge in [0.25, 0.3) is 0 Å². The van der Waals surface area contributed by atoms with E-state index in [-0.39, 0.29) is 23.7 Å². The molecule has 1 fully saturated rings. The van der Waals surface area contributed by atoms with Crippen LogP contribution in [0.4, 0.5) is 0 Å². The molecule has 0 saturated carbocycles. The van der Waals surface area contributed by atoms with E-state index in [2.05, 4.69) is 78.5 Å². The van der Waals surface area contributed by atoms with Crippen molar-refractivity contribution in [2.45, 2.75) is 107 Å². The van der Waals surface area contributed by atoms with Crippen LogP contribution < -0.4 is 0 Å². The van der Waals surface area contributed by atoms with Crippen molar-refractivity contribution < 1.29 is 18.3 Å². The van der Waals surface area contributed by atoms with Gasteiger partial charge in [0.15, 0.2) is 16.6 Å². The maximum Gasteiger partial charge on any atom is 0.192 e. The van der Waals surface area contributed by atoms with Crippen molar-refractivity contribution in [3.05, 3.63) is 30.3 Å². The molecule has 0 aliphatic carbocycles. The minimum absolute atomic E-state index is 0.0736. The summed E-state index contributed by atoms with van der Waals surface area (Å²) in [6.45, 7) is 17.9. The average molecular weight is 471 g/mol. The lowest BCUT2D eigenvalue weighted by Gasteiger charge is -2.55. The number of rotatable bonds is 10. The van der Waals surface area contributed by atoms with Gasteiger partial charge >= 0.3 is 0 Å². The van der Waals surface area contributed by atoms with E-state index in [1.165, 1.54) is 4.90 Å². The number of hydrogen-bond acceptors (Lipinski definition) is 5. The van der Waals surface area contributed by atoms with E-state index in [4.69, 9.17) is 18.3 Å². The van der Waals surface area contributed by atoms with Crippen LogP contribution in [0.1, 0.15) is 34.6 Å². The van der Waals surface area contributed by atoms with Gasteiger partial charge in [-0.2, -0.15) is 0 Å². The van der Waals surface area contributed by atoms with Crippen LogP contribution in [-0.4, -0.2) is 53.1 Å². The van der Waals surface area contributed by atoms with Gasteiger partial charge in [0.05, 0.1) is 6.10 Å². The Morgan fingerprint density at radius 3 is 2.03 bits per heavy atom. The standard InChI is InChI=1S/C23H42O4SSi2/c1-10-30(11-2,12-3)26-20-18(4)25-22(28-19-16-14-13-15-17-19)21(24-6)23(20,5)27-29(7,8)9/h13-18,20-22H,10-12H2,1-9H3/t18-,20+,21-,22-,23+/m0/s1. The summed E-state index contributed by atoms with van der Waals surface area (Å²) < 4.78 is 26.7. The second-order valence-corrected chi connectivity index (χ2v) is 19.8. The zero-order valence-electron chi connectivity index (χ0n) is 20.4. The highest BCUT2D eigenvalue weighted by Gasteiger charge is 2.57. The summed E-state index contributed by atoms with van der Waals surface area (Å²) in [5.41, 5.74) is -0.726.